The molecule has 120 valence electrons. The Labute approximate surface area is 135 Å². The van der Waals surface area contributed by atoms with E-state index in [0.29, 0.717) is 30.3 Å². The molecule has 5 heteroatoms. The Morgan fingerprint density at radius 1 is 1.09 bits per heavy atom. The first-order chi connectivity index (χ1) is 11.2. The molecule has 0 aliphatic carbocycles. The van der Waals surface area contributed by atoms with E-state index in [4.69, 9.17) is 14.2 Å². The second kappa shape index (κ2) is 8.04. The predicted octanol–water partition coefficient (Wildman–Crippen LogP) is 3.92. The van der Waals surface area contributed by atoms with E-state index >= 15 is 0 Å². The zero-order chi connectivity index (χ0) is 16.7. The minimum Gasteiger partial charge on any atom is -0.497 e. The molecule has 0 spiro atoms. The smallest absolute Gasteiger partial charge is 0.127 e. The van der Waals surface area contributed by atoms with Crippen LogP contribution in [0.25, 0.3) is 0 Å². The number of nitrogens with zero attached hydrogens (tertiary/aromatic N) is 1. The topological polar surface area (TPSA) is 51.5 Å². The van der Waals surface area contributed by atoms with Crippen LogP contribution in [0.4, 0.5) is 4.39 Å². The molecule has 23 heavy (non-hydrogen) atoms. The van der Waals surface area contributed by atoms with Crippen LogP contribution < -0.4 is 14.2 Å². The SMILES string of the molecule is COc1ccc(C(C#N)CCOc2cccc(F)c2)c(OC)c1. The summed E-state index contributed by atoms with van der Waals surface area (Å²) in [7, 11) is 3.12. The van der Waals surface area contributed by atoms with Crippen molar-refractivity contribution in [2.24, 2.45) is 0 Å². The summed E-state index contributed by atoms with van der Waals surface area (Å²) in [4.78, 5) is 0. The van der Waals surface area contributed by atoms with Gasteiger partial charge in [0.15, 0.2) is 0 Å². The fraction of sp³-hybridized carbons (Fsp3) is 0.278. The lowest BCUT2D eigenvalue weighted by Crippen LogP contribution is -2.06. The summed E-state index contributed by atoms with van der Waals surface area (Å²) < 4.78 is 29.1. The molecule has 2 aromatic carbocycles. The molecule has 0 bridgehead atoms. The van der Waals surface area contributed by atoms with Crippen LogP contribution in [0.15, 0.2) is 42.5 Å². The zero-order valence-electron chi connectivity index (χ0n) is 13.1. The van der Waals surface area contributed by atoms with Crippen molar-refractivity contribution >= 4 is 0 Å². The highest BCUT2D eigenvalue weighted by molar-refractivity contribution is 5.44. The third-order valence-corrected chi connectivity index (χ3v) is 3.44. The third-order valence-electron chi connectivity index (χ3n) is 3.44. The molecule has 2 rings (SSSR count). The van der Waals surface area contributed by atoms with Crippen molar-refractivity contribution in [1.82, 2.24) is 0 Å². The lowest BCUT2D eigenvalue weighted by molar-refractivity contribution is 0.303. The molecule has 0 heterocycles. The molecular formula is C18H18FNO3. The molecule has 2 aromatic rings. The van der Waals surface area contributed by atoms with Crippen LogP contribution in [0.5, 0.6) is 17.2 Å². The number of halogens is 1. The molecule has 0 aliphatic rings. The summed E-state index contributed by atoms with van der Waals surface area (Å²) in [6.07, 6.45) is 0.468. The highest BCUT2D eigenvalue weighted by Crippen LogP contribution is 2.32. The van der Waals surface area contributed by atoms with Gasteiger partial charge in [0, 0.05) is 24.1 Å². The van der Waals surface area contributed by atoms with Gasteiger partial charge < -0.3 is 14.2 Å². The number of hydrogen-bond donors (Lipinski definition) is 0. The van der Waals surface area contributed by atoms with E-state index in [1.165, 1.54) is 12.1 Å². The second-order valence-corrected chi connectivity index (χ2v) is 4.88. The van der Waals surface area contributed by atoms with Crippen molar-refractivity contribution in [3.05, 3.63) is 53.8 Å². The number of ether oxygens (including phenoxy) is 3. The van der Waals surface area contributed by atoms with Crippen LogP contribution in [-0.2, 0) is 0 Å². The van der Waals surface area contributed by atoms with Crippen molar-refractivity contribution in [1.29, 1.82) is 5.26 Å². The highest BCUT2D eigenvalue weighted by atomic mass is 19.1. The monoisotopic (exact) mass is 315 g/mol. The van der Waals surface area contributed by atoms with Crippen LogP contribution in [-0.4, -0.2) is 20.8 Å². The Morgan fingerprint density at radius 2 is 1.91 bits per heavy atom. The maximum absolute atomic E-state index is 13.1. The first kappa shape index (κ1) is 16.6. The van der Waals surface area contributed by atoms with Crippen molar-refractivity contribution in [3.63, 3.8) is 0 Å². The summed E-state index contributed by atoms with van der Waals surface area (Å²) in [5, 5.41) is 9.41. The Hall–Kier alpha value is -2.74. The van der Waals surface area contributed by atoms with Gasteiger partial charge in [-0.3, -0.25) is 0 Å². The Bertz CT molecular complexity index is 697. The number of hydrogen-bond acceptors (Lipinski definition) is 4. The average Bonchev–Trinajstić information content (AvgIpc) is 2.58. The van der Waals surface area contributed by atoms with E-state index < -0.39 is 0 Å². The number of rotatable bonds is 7. The molecule has 0 amide bonds. The maximum atomic E-state index is 13.1. The quantitative estimate of drug-likeness (QED) is 0.777. The van der Waals surface area contributed by atoms with E-state index in [1.807, 2.05) is 6.07 Å². The summed E-state index contributed by atoms with van der Waals surface area (Å²) >= 11 is 0. The average molecular weight is 315 g/mol. The van der Waals surface area contributed by atoms with Crippen LogP contribution in [0, 0.1) is 17.1 Å². The van der Waals surface area contributed by atoms with Crippen LogP contribution in [0.1, 0.15) is 17.9 Å². The first-order valence-electron chi connectivity index (χ1n) is 7.18. The summed E-state index contributed by atoms with van der Waals surface area (Å²) in [6.45, 7) is 0.302. The van der Waals surface area contributed by atoms with Crippen LogP contribution in [0.2, 0.25) is 0 Å². The molecular weight excluding hydrogens is 297 g/mol. The second-order valence-electron chi connectivity index (χ2n) is 4.88. The normalized spacial score (nSPS) is 11.4. The molecule has 1 unspecified atom stereocenters. The lowest BCUT2D eigenvalue weighted by Gasteiger charge is -2.15. The molecule has 0 saturated heterocycles. The van der Waals surface area contributed by atoms with Gasteiger partial charge in [-0.2, -0.15) is 5.26 Å². The van der Waals surface area contributed by atoms with Crippen molar-refractivity contribution in [2.75, 3.05) is 20.8 Å². The molecule has 0 aromatic heterocycles. The van der Waals surface area contributed by atoms with Crippen molar-refractivity contribution in [2.45, 2.75) is 12.3 Å². The van der Waals surface area contributed by atoms with Crippen molar-refractivity contribution in [3.8, 4) is 23.3 Å². The van der Waals surface area contributed by atoms with Gasteiger partial charge in [-0.05, 0) is 18.2 Å². The molecule has 0 radical (unpaired) electrons. The Morgan fingerprint density at radius 3 is 2.57 bits per heavy atom. The molecule has 0 fully saturated rings. The fourth-order valence-corrected chi connectivity index (χ4v) is 2.25. The van der Waals surface area contributed by atoms with Gasteiger partial charge >= 0.3 is 0 Å². The van der Waals surface area contributed by atoms with Gasteiger partial charge in [0.25, 0.3) is 0 Å². The van der Waals surface area contributed by atoms with E-state index in [9.17, 15) is 9.65 Å². The van der Waals surface area contributed by atoms with Crippen LogP contribution >= 0.6 is 0 Å². The predicted molar refractivity (Wildman–Crippen MR) is 84.4 cm³/mol. The minimum absolute atomic E-state index is 0.302. The van der Waals surface area contributed by atoms with E-state index in [1.54, 1.807) is 38.5 Å². The highest BCUT2D eigenvalue weighted by Gasteiger charge is 2.16. The first-order valence-corrected chi connectivity index (χ1v) is 7.18. The number of methoxy groups -OCH3 is 2. The van der Waals surface area contributed by atoms with E-state index in [0.717, 1.165) is 5.56 Å². The summed E-state index contributed by atoms with van der Waals surface area (Å²) in [5.74, 6) is 0.976. The molecule has 4 nitrogen and oxygen atoms in total. The minimum atomic E-state index is -0.385. The number of benzene rings is 2. The van der Waals surface area contributed by atoms with E-state index in [-0.39, 0.29) is 11.7 Å². The van der Waals surface area contributed by atoms with Gasteiger partial charge in [0.05, 0.1) is 32.8 Å². The molecule has 0 N–H and O–H groups in total. The lowest BCUT2D eigenvalue weighted by atomic mass is 9.96. The van der Waals surface area contributed by atoms with Gasteiger partial charge in [-0.15, -0.1) is 0 Å². The largest absolute Gasteiger partial charge is 0.497 e. The van der Waals surface area contributed by atoms with Gasteiger partial charge in [-0.1, -0.05) is 12.1 Å². The molecule has 1 atom stereocenters. The standard InChI is InChI=1S/C18H18FNO3/c1-21-15-6-7-17(18(11-15)22-2)13(12-20)8-9-23-16-5-3-4-14(19)10-16/h3-7,10-11,13H,8-9H2,1-2H3. The van der Waals surface area contributed by atoms with Gasteiger partial charge in [0.1, 0.15) is 23.1 Å². The number of nitriles is 1. The summed E-state index contributed by atoms with van der Waals surface area (Å²) in [6, 6.07) is 13.5. The molecule has 0 aliphatic heterocycles. The third kappa shape index (κ3) is 4.36. The zero-order valence-corrected chi connectivity index (χ0v) is 13.1. The van der Waals surface area contributed by atoms with Crippen molar-refractivity contribution < 1.29 is 18.6 Å². The Kier molecular flexibility index (Phi) is 5.81. The maximum Gasteiger partial charge on any atom is 0.127 e. The van der Waals surface area contributed by atoms with E-state index in [2.05, 4.69) is 6.07 Å². The summed E-state index contributed by atoms with van der Waals surface area (Å²) in [5.41, 5.74) is 0.777. The Balaban J connectivity index is 2.04. The fourth-order valence-electron chi connectivity index (χ4n) is 2.25. The molecule has 0 saturated carbocycles. The van der Waals surface area contributed by atoms with Gasteiger partial charge in [-0.25, -0.2) is 4.39 Å². The van der Waals surface area contributed by atoms with Crippen LogP contribution in [0.3, 0.4) is 0 Å². The van der Waals surface area contributed by atoms with Gasteiger partial charge in [0.2, 0.25) is 0 Å².